The first-order chi connectivity index (χ1) is 13.9. The molecule has 4 rings (SSSR count). The fourth-order valence-electron chi connectivity index (χ4n) is 4.10. The van der Waals surface area contributed by atoms with Gasteiger partial charge in [-0.25, -0.2) is 4.98 Å². The van der Waals surface area contributed by atoms with Gasteiger partial charge in [-0.1, -0.05) is 36.2 Å². The van der Waals surface area contributed by atoms with Crippen molar-refractivity contribution in [2.24, 2.45) is 0 Å². The first-order valence-electron chi connectivity index (χ1n) is 10.1. The molecular formula is C22H27N5O2. The minimum absolute atomic E-state index is 0.121. The fraction of sp³-hybridized carbons (Fsp3) is 0.409. The molecule has 0 aliphatic heterocycles. The van der Waals surface area contributed by atoms with E-state index in [-0.39, 0.29) is 24.0 Å². The minimum Gasteiger partial charge on any atom is -0.393 e. The molecule has 0 saturated heterocycles. The number of hydrogen-bond acceptors (Lipinski definition) is 5. The molecule has 0 radical (unpaired) electrons. The molecule has 7 heteroatoms. The molecule has 0 unspecified atom stereocenters. The highest BCUT2D eigenvalue weighted by molar-refractivity contribution is 5.97. The molecule has 3 atom stereocenters. The van der Waals surface area contributed by atoms with Crippen LogP contribution in [0.25, 0.3) is 11.0 Å². The molecule has 0 bridgehead atoms. The van der Waals surface area contributed by atoms with Crippen molar-refractivity contribution in [2.45, 2.75) is 57.6 Å². The monoisotopic (exact) mass is 393 g/mol. The summed E-state index contributed by atoms with van der Waals surface area (Å²) in [6.07, 6.45) is 4.59. The van der Waals surface area contributed by atoms with E-state index < -0.39 is 0 Å². The minimum atomic E-state index is -0.318. The first-order valence-corrected chi connectivity index (χ1v) is 10.1. The average molecular weight is 393 g/mol. The Morgan fingerprint density at radius 2 is 2.07 bits per heavy atom. The Kier molecular flexibility index (Phi) is 5.24. The van der Waals surface area contributed by atoms with Gasteiger partial charge in [0.25, 0.3) is 5.91 Å². The Bertz CT molecular complexity index is 1030. The molecule has 1 aliphatic carbocycles. The summed E-state index contributed by atoms with van der Waals surface area (Å²) in [6, 6.07) is 9.80. The number of carbonyl (C=O) groups is 1. The number of nitrogens with one attached hydrogen (secondary N) is 1. The fourth-order valence-corrected chi connectivity index (χ4v) is 4.10. The SMILES string of the molecule is Cc1ccc([C@@H](C)NC(=O)c2cnc3c(c2)c([C@@H]2CCC[C@H](O)C2)nn3N)cc1. The molecule has 0 spiro atoms. The zero-order valence-electron chi connectivity index (χ0n) is 16.8. The zero-order valence-corrected chi connectivity index (χ0v) is 16.8. The van der Waals surface area contributed by atoms with Crippen LogP contribution in [0.4, 0.5) is 0 Å². The van der Waals surface area contributed by atoms with Crippen molar-refractivity contribution in [1.29, 1.82) is 0 Å². The van der Waals surface area contributed by atoms with Crippen molar-refractivity contribution in [3.8, 4) is 0 Å². The number of fused-ring (bicyclic) bond motifs is 1. The van der Waals surface area contributed by atoms with E-state index in [4.69, 9.17) is 5.84 Å². The van der Waals surface area contributed by atoms with E-state index in [1.807, 2.05) is 44.2 Å². The summed E-state index contributed by atoms with van der Waals surface area (Å²) in [5, 5.41) is 18.3. The standard InChI is InChI=1S/C22H27N5O2/c1-13-6-8-15(9-7-13)14(2)25-22(29)17-11-19-20(16-4-3-5-18(28)10-16)26-27(23)21(19)24-12-17/h6-9,11-12,14,16,18,28H,3-5,10,23H2,1-2H3,(H,25,29)/t14-,16-,18+/m1/s1. The number of amides is 1. The molecule has 2 aromatic heterocycles. The molecule has 2 heterocycles. The number of aryl methyl sites for hydroxylation is 1. The molecule has 1 fully saturated rings. The molecule has 1 aliphatic rings. The molecule has 152 valence electrons. The number of nitrogens with two attached hydrogens (primary N) is 1. The lowest BCUT2D eigenvalue weighted by Gasteiger charge is -2.24. The Morgan fingerprint density at radius 1 is 1.31 bits per heavy atom. The largest absolute Gasteiger partial charge is 0.393 e. The molecule has 4 N–H and O–H groups in total. The zero-order chi connectivity index (χ0) is 20.5. The van der Waals surface area contributed by atoms with Crippen LogP contribution in [0.15, 0.2) is 36.5 Å². The number of aliphatic hydroxyl groups excluding tert-OH is 1. The molecule has 3 aromatic rings. The number of hydrogen-bond donors (Lipinski definition) is 3. The number of carbonyl (C=O) groups excluding carboxylic acids is 1. The van der Waals surface area contributed by atoms with Crippen molar-refractivity contribution in [3.05, 3.63) is 58.9 Å². The van der Waals surface area contributed by atoms with Crippen LogP contribution in [0.5, 0.6) is 0 Å². The van der Waals surface area contributed by atoms with E-state index in [0.717, 1.165) is 35.9 Å². The second-order valence-electron chi connectivity index (χ2n) is 8.05. The third kappa shape index (κ3) is 3.96. The summed E-state index contributed by atoms with van der Waals surface area (Å²) >= 11 is 0. The van der Waals surface area contributed by atoms with Crippen molar-refractivity contribution in [3.63, 3.8) is 0 Å². The van der Waals surface area contributed by atoms with Gasteiger partial charge in [-0.3, -0.25) is 4.79 Å². The summed E-state index contributed by atoms with van der Waals surface area (Å²) in [5.41, 5.74) is 4.06. The summed E-state index contributed by atoms with van der Waals surface area (Å²) in [7, 11) is 0. The van der Waals surface area contributed by atoms with Crippen molar-refractivity contribution >= 4 is 16.9 Å². The number of aromatic nitrogens is 3. The molecule has 1 saturated carbocycles. The Hall–Kier alpha value is -2.93. The van der Waals surface area contributed by atoms with E-state index >= 15 is 0 Å². The lowest BCUT2D eigenvalue weighted by atomic mass is 9.84. The van der Waals surface area contributed by atoms with Crippen molar-refractivity contribution in [2.75, 3.05) is 5.84 Å². The maximum Gasteiger partial charge on any atom is 0.253 e. The normalized spacial score (nSPS) is 20.5. The van der Waals surface area contributed by atoms with Gasteiger partial charge in [0.15, 0.2) is 5.65 Å². The Morgan fingerprint density at radius 3 is 2.79 bits per heavy atom. The van der Waals surface area contributed by atoms with E-state index in [2.05, 4.69) is 15.4 Å². The molecule has 1 amide bonds. The lowest BCUT2D eigenvalue weighted by Crippen LogP contribution is -2.26. The highest BCUT2D eigenvalue weighted by atomic mass is 16.3. The van der Waals surface area contributed by atoms with E-state index in [1.54, 1.807) is 0 Å². The van der Waals surface area contributed by atoms with Crippen LogP contribution in [-0.4, -0.2) is 32.0 Å². The number of nitrogen functional groups attached to an aromatic ring is 1. The third-order valence-electron chi connectivity index (χ3n) is 5.80. The molecule has 1 aromatic carbocycles. The van der Waals surface area contributed by atoms with E-state index in [9.17, 15) is 9.90 Å². The van der Waals surface area contributed by atoms with Gasteiger partial charge in [-0.2, -0.15) is 9.89 Å². The predicted molar refractivity (Wildman–Crippen MR) is 112 cm³/mol. The molecular weight excluding hydrogens is 366 g/mol. The number of pyridine rings is 1. The predicted octanol–water partition coefficient (Wildman–Crippen LogP) is 2.96. The highest BCUT2D eigenvalue weighted by Crippen LogP contribution is 2.35. The van der Waals surface area contributed by atoms with Crippen LogP contribution in [0.1, 0.15) is 71.7 Å². The van der Waals surface area contributed by atoms with Gasteiger partial charge in [0.05, 0.1) is 23.4 Å². The Balaban J connectivity index is 1.59. The van der Waals surface area contributed by atoms with Gasteiger partial charge in [0.1, 0.15) is 0 Å². The van der Waals surface area contributed by atoms with Crippen LogP contribution >= 0.6 is 0 Å². The van der Waals surface area contributed by atoms with E-state index in [1.165, 1.54) is 16.6 Å². The van der Waals surface area contributed by atoms with Crippen molar-refractivity contribution in [1.82, 2.24) is 20.2 Å². The van der Waals surface area contributed by atoms with Crippen LogP contribution in [0, 0.1) is 6.92 Å². The second-order valence-corrected chi connectivity index (χ2v) is 8.05. The van der Waals surface area contributed by atoms with Crippen LogP contribution < -0.4 is 11.2 Å². The van der Waals surface area contributed by atoms with Crippen LogP contribution in [0.3, 0.4) is 0 Å². The van der Waals surface area contributed by atoms with Crippen LogP contribution in [-0.2, 0) is 0 Å². The average Bonchev–Trinajstić information content (AvgIpc) is 3.04. The summed E-state index contributed by atoms with van der Waals surface area (Å²) in [5.74, 6) is 5.93. The quantitative estimate of drug-likeness (QED) is 0.591. The smallest absolute Gasteiger partial charge is 0.253 e. The third-order valence-corrected chi connectivity index (χ3v) is 5.80. The summed E-state index contributed by atoms with van der Waals surface area (Å²) < 4.78 is 0. The molecule has 7 nitrogen and oxygen atoms in total. The number of aliphatic hydroxyl groups is 1. The summed E-state index contributed by atoms with van der Waals surface area (Å²) in [6.45, 7) is 4.00. The number of rotatable bonds is 4. The maximum absolute atomic E-state index is 12.8. The lowest BCUT2D eigenvalue weighted by molar-refractivity contribution is 0.0939. The van der Waals surface area contributed by atoms with Gasteiger partial charge >= 0.3 is 0 Å². The maximum atomic E-state index is 12.8. The van der Waals surface area contributed by atoms with Crippen molar-refractivity contribution < 1.29 is 9.90 Å². The second kappa shape index (κ2) is 7.83. The topological polar surface area (TPSA) is 106 Å². The first kappa shape index (κ1) is 19.4. The van der Waals surface area contributed by atoms with Gasteiger partial charge in [-0.15, -0.1) is 0 Å². The van der Waals surface area contributed by atoms with E-state index in [0.29, 0.717) is 17.6 Å². The molecule has 29 heavy (non-hydrogen) atoms. The number of nitrogens with zero attached hydrogens (tertiary/aromatic N) is 3. The van der Waals surface area contributed by atoms with Crippen LogP contribution in [0.2, 0.25) is 0 Å². The van der Waals surface area contributed by atoms with Gasteiger partial charge in [0, 0.05) is 17.5 Å². The number of benzene rings is 1. The summed E-state index contributed by atoms with van der Waals surface area (Å²) in [4.78, 5) is 18.5. The van der Waals surface area contributed by atoms with Gasteiger partial charge < -0.3 is 16.3 Å². The van der Waals surface area contributed by atoms with Gasteiger partial charge in [-0.05, 0) is 44.7 Å². The highest BCUT2D eigenvalue weighted by Gasteiger charge is 2.27. The Labute approximate surface area is 169 Å². The van der Waals surface area contributed by atoms with Gasteiger partial charge in [0.2, 0.25) is 0 Å².